The molecule has 0 aromatic carbocycles. The van der Waals surface area contributed by atoms with Crippen LogP contribution in [0.5, 0.6) is 0 Å². The van der Waals surface area contributed by atoms with Gasteiger partial charge in [-0.1, -0.05) is 405 Å². The third kappa shape index (κ3) is 71.6. The van der Waals surface area contributed by atoms with Crippen molar-refractivity contribution >= 4 is 11.9 Å². The fourth-order valence-corrected chi connectivity index (χ4v) is 12.8. The molecule has 0 saturated heterocycles. The largest absolute Gasteiger partial charge is 0.466 e. The molecule has 0 heterocycles. The van der Waals surface area contributed by atoms with E-state index in [2.05, 4.69) is 31.3 Å². The fraction of sp³-hybridized carbons (Fsp3) is 0.949. The van der Waals surface area contributed by atoms with Crippen LogP contribution < -0.4 is 5.32 Å². The SMILES string of the molecule is CCCCCCCCCCCCCCCCCCCCCCCCC(O)C(CO)NC(=O)CCCCCCCCCCCCCC/C=C\CCCCCCCCCCCCCCOC(=O)CCCCCCCCCCCCCCCCCCCC. The van der Waals surface area contributed by atoms with Gasteiger partial charge in [-0.3, -0.25) is 9.59 Å². The van der Waals surface area contributed by atoms with Crippen molar-refractivity contribution in [2.45, 2.75) is 469 Å². The highest BCUT2D eigenvalue weighted by molar-refractivity contribution is 5.76. The lowest BCUT2D eigenvalue weighted by atomic mass is 10.0. The van der Waals surface area contributed by atoms with E-state index in [0.717, 1.165) is 38.5 Å². The van der Waals surface area contributed by atoms with Gasteiger partial charge in [-0.15, -0.1) is 0 Å². The standard InChI is InChI=1S/C79H155NO5/c1-3-5-7-9-11-13-15-17-19-21-23-24-33-36-39-43-47-51-55-59-63-67-71-77(82)76(75-81)80-78(83)72-68-64-60-56-52-48-44-40-37-34-31-29-27-25-26-28-30-32-35-38-42-46-50-54-58-62-66-70-74-85-79(84)73-69-65-61-57-53-49-45-41-22-20-18-16-14-12-10-8-6-4-2/h25-26,76-77,81-82H,3-24,27-75H2,1-2H3,(H,80,83)/b26-25-. The Labute approximate surface area is 533 Å². The molecule has 0 aliphatic heterocycles. The molecule has 0 bridgehead atoms. The van der Waals surface area contributed by atoms with Gasteiger partial charge in [0.25, 0.3) is 0 Å². The minimum atomic E-state index is -0.665. The molecule has 2 atom stereocenters. The van der Waals surface area contributed by atoms with E-state index in [4.69, 9.17) is 4.74 Å². The van der Waals surface area contributed by atoms with Crippen LogP contribution in [-0.2, 0) is 14.3 Å². The van der Waals surface area contributed by atoms with Gasteiger partial charge >= 0.3 is 5.97 Å². The number of aliphatic hydroxyl groups excluding tert-OH is 2. The molecular weight excluding hydrogens is 1040 g/mol. The number of aliphatic hydroxyl groups is 2. The smallest absolute Gasteiger partial charge is 0.305 e. The number of amides is 1. The van der Waals surface area contributed by atoms with Gasteiger partial charge in [0.15, 0.2) is 0 Å². The lowest BCUT2D eigenvalue weighted by molar-refractivity contribution is -0.143. The molecule has 506 valence electrons. The molecule has 2 unspecified atom stereocenters. The second-order valence-corrected chi connectivity index (χ2v) is 27.4. The van der Waals surface area contributed by atoms with Crippen LogP contribution in [0.25, 0.3) is 0 Å². The van der Waals surface area contributed by atoms with Gasteiger partial charge in [0, 0.05) is 12.8 Å². The Morgan fingerprint density at radius 3 is 0.835 bits per heavy atom. The number of carbonyl (C=O) groups excluding carboxylic acids is 2. The van der Waals surface area contributed by atoms with E-state index in [0.29, 0.717) is 25.9 Å². The summed E-state index contributed by atoms with van der Waals surface area (Å²) in [6.45, 7) is 5.01. The van der Waals surface area contributed by atoms with Gasteiger partial charge in [-0.05, 0) is 51.4 Å². The third-order valence-corrected chi connectivity index (χ3v) is 18.8. The number of hydrogen-bond donors (Lipinski definition) is 3. The molecule has 0 saturated carbocycles. The van der Waals surface area contributed by atoms with E-state index in [1.807, 2.05) is 0 Å². The van der Waals surface area contributed by atoms with Gasteiger partial charge in [0.1, 0.15) is 0 Å². The minimum absolute atomic E-state index is 0.0217. The van der Waals surface area contributed by atoms with Crippen molar-refractivity contribution in [2.24, 2.45) is 0 Å². The van der Waals surface area contributed by atoms with Crippen LogP contribution in [0.1, 0.15) is 457 Å². The van der Waals surface area contributed by atoms with Crippen LogP contribution in [0, 0.1) is 0 Å². The molecule has 0 spiro atoms. The Morgan fingerprint density at radius 2 is 0.553 bits per heavy atom. The van der Waals surface area contributed by atoms with Crippen molar-refractivity contribution in [1.82, 2.24) is 5.32 Å². The van der Waals surface area contributed by atoms with Crippen molar-refractivity contribution in [3.05, 3.63) is 12.2 Å². The molecule has 0 rings (SSSR count). The van der Waals surface area contributed by atoms with Crippen LogP contribution in [0.2, 0.25) is 0 Å². The zero-order valence-electron chi connectivity index (χ0n) is 58.1. The highest BCUT2D eigenvalue weighted by atomic mass is 16.5. The van der Waals surface area contributed by atoms with Crippen LogP contribution in [-0.4, -0.2) is 47.4 Å². The number of hydrogen-bond acceptors (Lipinski definition) is 5. The number of esters is 1. The molecule has 0 aromatic rings. The number of allylic oxidation sites excluding steroid dienone is 2. The van der Waals surface area contributed by atoms with E-state index in [9.17, 15) is 19.8 Å². The summed E-state index contributed by atoms with van der Waals surface area (Å²) in [5, 5.41) is 23.5. The van der Waals surface area contributed by atoms with Crippen LogP contribution in [0.3, 0.4) is 0 Å². The molecule has 6 nitrogen and oxygen atoms in total. The van der Waals surface area contributed by atoms with E-state index in [-0.39, 0.29) is 18.5 Å². The second kappa shape index (κ2) is 75.1. The zero-order valence-corrected chi connectivity index (χ0v) is 58.1. The van der Waals surface area contributed by atoms with Crippen molar-refractivity contribution in [3.8, 4) is 0 Å². The molecule has 0 aromatic heterocycles. The Hall–Kier alpha value is -1.40. The monoisotopic (exact) mass is 1200 g/mol. The summed E-state index contributed by atoms with van der Waals surface area (Å²) >= 11 is 0. The zero-order chi connectivity index (χ0) is 61.3. The first kappa shape index (κ1) is 83.6. The first-order valence-electron chi connectivity index (χ1n) is 39.4. The molecule has 85 heavy (non-hydrogen) atoms. The topological polar surface area (TPSA) is 95.9 Å². The average Bonchev–Trinajstić information content (AvgIpc) is 3.51. The van der Waals surface area contributed by atoms with Gasteiger partial charge < -0.3 is 20.3 Å². The highest BCUT2D eigenvalue weighted by Crippen LogP contribution is 2.20. The summed E-state index contributed by atoms with van der Waals surface area (Å²) in [5.74, 6) is -0.00749. The maximum Gasteiger partial charge on any atom is 0.305 e. The van der Waals surface area contributed by atoms with Crippen LogP contribution >= 0.6 is 0 Å². The van der Waals surface area contributed by atoms with Crippen molar-refractivity contribution in [2.75, 3.05) is 13.2 Å². The van der Waals surface area contributed by atoms with E-state index < -0.39 is 12.1 Å². The Balaban J connectivity index is 3.36. The lowest BCUT2D eigenvalue weighted by Crippen LogP contribution is -2.45. The summed E-state index contributed by atoms with van der Waals surface area (Å²) in [6, 6.07) is -0.542. The fourth-order valence-electron chi connectivity index (χ4n) is 12.8. The molecule has 0 fully saturated rings. The predicted molar refractivity (Wildman–Crippen MR) is 375 cm³/mol. The molecule has 0 aliphatic carbocycles. The molecule has 1 amide bonds. The molecule has 0 radical (unpaired) electrons. The Morgan fingerprint density at radius 1 is 0.318 bits per heavy atom. The van der Waals surface area contributed by atoms with Gasteiger partial charge in [0.2, 0.25) is 5.91 Å². The number of carbonyl (C=O) groups is 2. The molecule has 0 aliphatic rings. The van der Waals surface area contributed by atoms with Crippen molar-refractivity contribution in [3.63, 3.8) is 0 Å². The first-order valence-corrected chi connectivity index (χ1v) is 39.4. The van der Waals surface area contributed by atoms with Gasteiger partial charge in [0.05, 0.1) is 25.4 Å². The van der Waals surface area contributed by atoms with Crippen molar-refractivity contribution < 1.29 is 24.5 Å². The normalized spacial score (nSPS) is 12.5. The van der Waals surface area contributed by atoms with Crippen molar-refractivity contribution in [1.29, 1.82) is 0 Å². The Bertz CT molecular complexity index is 1290. The lowest BCUT2D eigenvalue weighted by Gasteiger charge is -2.22. The Kier molecular flexibility index (Phi) is 73.8. The predicted octanol–water partition coefficient (Wildman–Crippen LogP) is 25.9. The maximum absolute atomic E-state index is 12.6. The highest BCUT2D eigenvalue weighted by Gasteiger charge is 2.20. The van der Waals surface area contributed by atoms with Crippen LogP contribution in [0.4, 0.5) is 0 Å². The second-order valence-electron chi connectivity index (χ2n) is 27.4. The number of rotatable bonds is 75. The number of ether oxygens (including phenoxy) is 1. The quantitative estimate of drug-likeness (QED) is 0.0320. The third-order valence-electron chi connectivity index (χ3n) is 18.8. The molecular formula is C79H155NO5. The summed E-state index contributed by atoms with van der Waals surface area (Å²) in [7, 11) is 0. The summed E-state index contributed by atoms with van der Waals surface area (Å²) in [6.07, 6.45) is 94.4. The minimum Gasteiger partial charge on any atom is -0.466 e. The molecule has 3 N–H and O–H groups in total. The summed E-state index contributed by atoms with van der Waals surface area (Å²) in [4.78, 5) is 24.7. The maximum atomic E-state index is 12.6. The number of unbranched alkanes of at least 4 members (excludes halogenated alkanes) is 62. The number of nitrogens with one attached hydrogen (secondary N) is 1. The van der Waals surface area contributed by atoms with E-state index in [1.54, 1.807) is 0 Å². The van der Waals surface area contributed by atoms with Crippen LogP contribution in [0.15, 0.2) is 12.2 Å². The van der Waals surface area contributed by atoms with Gasteiger partial charge in [-0.2, -0.15) is 0 Å². The van der Waals surface area contributed by atoms with E-state index >= 15 is 0 Å². The average molecular weight is 1200 g/mol. The summed E-state index contributed by atoms with van der Waals surface area (Å²) < 4.78 is 5.52. The van der Waals surface area contributed by atoms with E-state index in [1.165, 1.54) is 385 Å². The summed E-state index contributed by atoms with van der Waals surface area (Å²) in [5.41, 5.74) is 0. The molecule has 6 heteroatoms. The van der Waals surface area contributed by atoms with Gasteiger partial charge in [-0.25, -0.2) is 0 Å². The first-order chi connectivity index (χ1) is 42.0.